The van der Waals surface area contributed by atoms with E-state index in [0.29, 0.717) is 22.3 Å². The Morgan fingerprint density at radius 3 is 2.58 bits per heavy atom. The number of aromatic nitrogens is 1. The van der Waals surface area contributed by atoms with Crippen LogP contribution in [0.1, 0.15) is 24.2 Å². The van der Waals surface area contributed by atoms with Gasteiger partial charge in [-0.1, -0.05) is 0 Å². The highest BCUT2D eigenvalue weighted by atomic mass is 16.5. The summed E-state index contributed by atoms with van der Waals surface area (Å²) in [6.45, 7) is 3.79. The quantitative estimate of drug-likeness (QED) is 0.916. The highest BCUT2D eigenvalue weighted by Gasteiger charge is 2.14. The Labute approximate surface area is 110 Å². The zero-order chi connectivity index (χ0) is 14.0. The molecule has 1 aromatic carbocycles. The molecule has 1 heterocycles. The van der Waals surface area contributed by atoms with Gasteiger partial charge >= 0.3 is 5.97 Å². The maximum Gasteiger partial charge on any atom is 0.337 e. The van der Waals surface area contributed by atoms with E-state index in [2.05, 4.69) is 4.98 Å². The van der Waals surface area contributed by atoms with Crippen LogP contribution in [0.15, 0.2) is 24.5 Å². The van der Waals surface area contributed by atoms with Gasteiger partial charge in [0, 0.05) is 23.2 Å². The molecule has 2 rings (SSSR count). The Bertz CT molecular complexity index is 622. The smallest absolute Gasteiger partial charge is 0.337 e. The first-order chi connectivity index (χ1) is 9.02. The Hall–Kier alpha value is -2.30. The van der Waals surface area contributed by atoms with Crippen molar-refractivity contribution in [2.45, 2.75) is 20.0 Å². The van der Waals surface area contributed by atoms with Crippen LogP contribution < -0.4 is 9.47 Å². The predicted molar refractivity (Wildman–Crippen MR) is 71.0 cm³/mol. The maximum absolute atomic E-state index is 11.2. The van der Waals surface area contributed by atoms with E-state index in [1.165, 1.54) is 6.20 Å². The normalized spacial score (nSPS) is 10.7. The third-order valence-electron chi connectivity index (χ3n) is 2.64. The molecule has 0 radical (unpaired) electrons. The number of hydrogen-bond acceptors (Lipinski definition) is 4. The van der Waals surface area contributed by atoms with Crippen molar-refractivity contribution in [2.75, 3.05) is 7.11 Å². The van der Waals surface area contributed by atoms with Gasteiger partial charge in [0.15, 0.2) is 11.5 Å². The average Bonchev–Trinajstić information content (AvgIpc) is 2.36. The van der Waals surface area contributed by atoms with E-state index in [0.717, 1.165) is 0 Å². The Kier molecular flexibility index (Phi) is 3.55. The van der Waals surface area contributed by atoms with E-state index in [1.807, 2.05) is 13.8 Å². The first kappa shape index (κ1) is 13.1. The summed E-state index contributed by atoms with van der Waals surface area (Å²) in [5, 5.41) is 10.5. The van der Waals surface area contributed by atoms with Crippen molar-refractivity contribution in [1.29, 1.82) is 0 Å². The van der Waals surface area contributed by atoms with Crippen molar-refractivity contribution in [3.05, 3.63) is 30.1 Å². The summed E-state index contributed by atoms with van der Waals surface area (Å²) < 4.78 is 10.9. The van der Waals surface area contributed by atoms with Crippen molar-refractivity contribution in [3.8, 4) is 11.5 Å². The molecule has 0 aliphatic heterocycles. The van der Waals surface area contributed by atoms with Gasteiger partial charge in [-0.05, 0) is 26.0 Å². The second-order valence-corrected chi connectivity index (χ2v) is 4.38. The zero-order valence-corrected chi connectivity index (χ0v) is 11.0. The second-order valence-electron chi connectivity index (χ2n) is 4.38. The van der Waals surface area contributed by atoms with Crippen molar-refractivity contribution >= 4 is 16.7 Å². The number of ether oxygens (including phenoxy) is 2. The number of methoxy groups -OCH3 is 1. The number of carbonyl (C=O) groups is 1. The van der Waals surface area contributed by atoms with Crippen LogP contribution in [0, 0.1) is 0 Å². The summed E-state index contributed by atoms with van der Waals surface area (Å²) in [4.78, 5) is 15.1. The van der Waals surface area contributed by atoms with E-state index < -0.39 is 5.97 Å². The summed E-state index contributed by atoms with van der Waals surface area (Å²) in [7, 11) is 1.54. The number of rotatable bonds is 4. The standard InChI is InChI=1S/C14H15NO4/c1-8(2)19-13-5-10-9(4-12(13)18-3)6-15-7-11(10)14(16)17/h4-8H,1-3H3,(H,16,17). The molecule has 0 spiro atoms. The van der Waals surface area contributed by atoms with Gasteiger partial charge in [0.05, 0.1) is 18.8 Å². The molecule has 1 aromatic heterocycles. The number of benzene rings is 1. The minimum absolute atomic E-state index is 0.0264. The van der Waals surface area contributed by atoms with Crippen molar-refractivity contribution in [3.63, 3.8) is 0 Å². The molecule has 5 heteroatoms. The van der Waals surface area contributed by atoms with Crippen molar-refractivity contribution in [2.24, 2.45) is 0 Å². The van der Waals surface area contributed by atoms with Crippen molar-refractivity contribution < 1.29 is 19.4 Å². The summed E-state index contributed by atoms with van der Waals surface area (Å²) in [6, 6.07) is 3.41. The number of carboxylic acid groups (broad SMARTS) is 1. The van der Waals surface area contributed by atoms with Crippen LogP contribution in [0.3, 0.4) is 0 Å². The monoisotopic (exact) mass is 261 g/mol. The molecule has 1 N–H and O–H groups in total. The lowest BCUT2D eigenvalue weighted by molar-refractivity contribution is 0.0698. The van der Waals surface area contributed by atoms with Gasteiger partial charge in [0.1, 0.15) is 0 Å². The lowest BCUT2D eigenvalue weighted by Gasteiger charge is -2.15. The van der Waals surface area contributed by atoms with Gasteiger partial charge in [0.2, 0.25) is 0 Å². The number of fused-ring (bicyclic) bond motifs is 1. The number of aromatic carboxylic acids is 1. The molecule has 0 atom stereocenters. The van der Waals surface area contributed by atoms with Crippen LogP contribution in [-0.2, 0) is 0 Å². The molecule has 0 saturated heterocycles. The van der Waals surface area contributed by atoms with Crippen LogP contribution in [0.25, 0.3) is 10.8 Å². The molecule has 19 heavy (non-hydrogen) atoms. The number of carboxylic acids is 1. The summed E-state index contributed by atoms with van der Waals surface area (Å²) in [5.74, 6) is 0.0722. The molecule has 100 valence electrons. The van der Waals surface area contributed by atoms with Crippen LogP contribution in [-0.4, -0.2) is 29.3 Å². The van der Waals surface area contributed by atoms with Gasteiger partial charge in [-0.3, -0.25) is 4.98 Å². The first-order valence-electron chi connectivity index (χ1n) is 5.88. The largest absolute Gasteiger partial charge is 0.493 e. The second kappa shape index (κ2) is 5.14. The average molecular weight is 261 g/mol. The van der Waals surface area contributed by atoms with Crippen LogP contribution in [0.2, 0.25) is 0 Å². The maximum atomic E-state index is 11.2. The SMILES string of the molecule is COc1cc2cncc(C(=O)O)c2cc1OC(C)C. The Morgan fingerprint density at radius 2 is 2.00 bits per heavy atom. The molecular formula is C14H15NO4. The molecule has 0 aliphatic rings. The van der Waals surface area contributed by atoms with E-state index in [9.17, 15) is 9.90 Å². The van der Waals surface area contributed by atoms with Crippen LogP contribution in [0.4, 0.5) is 0 Å². The third-order valence-corrected chi connectivity index (χ3v) is 2.64. The Balaban J connectivity index is 2.68. The van der Waals surface area contributed by atoms with Crippen LogP contribution in [0.5, 0.6) is 11.5 Å². The summed E-state index contributed by atoms with van der Waals surface area (Å²) >= 11 is 0. The van der Waals surface area contributed by atoms with Gasteiger partial charge in [-0.25, -0.2) is 4.79 Å². The van der Waals surface area contributed by atoms with E-state index in [4.69, 9.17) is 9.47 Å². The topological polar surface area (TPSA) is 68.7 Å². The zero-order valence-electron chi connectivity index (χ0n) is 11.0. The van der Waals surface area contributed by atoms with E-state index >= 15 is 0 Å². The predicted octanol–water partition coefficient (Wildman–Crippen LogP) is 2.73. The summed E-state index contributed by atoms with van der Waals surface area (Å²) in [5.41, 5.74) is 0.147. The number of hydrogen-bond donors (Lipinski definition) is 1. The molecule has 0 amide bonds. The molecule has 0 bridgehead atoms. The lowest BCUT2D eigenvalue weighted by Crippen LogP contribution is -2.07. The minimum atomic E-state index is -1.02. The van der Waals surface area contributed by atoms with Crippen molar-refractivity contribution in [1.82, 2.24) is 4.98 Å². The number of nitrogens with zero attached hydrogens (tertiary/aromatic N) is 1. The highest BCUT2D eigenvalue weighted by Crippen LogP contribution is 2.34. The van der Waals surface area contributed by atoms with E-state index in [1.54, 1.807) is 25.4 Å². The first-order valence-corrected chi connectivity index (χ1v) is 5.88. The fourth-order valence-corrected chi connectivity index (χ4v) is 1.85. The van der Waals surface area contributed by atoms with Gasteiger partial charge < -0.3 is 14.6 Å². The molecule has 0 aliphatic carbocycles. The fourth-order valence-electron chi connectivity index (χ4n) is 1.85. The fraction of sp³-hybridized carbons (Fsp3) is 0.286. The Morgan fingerprint density at radius 1 is 1.26 bits per heavy atom. The molecule has 0 fully saturated rings. The molecule has 2 aromatic rings. The molecule has 0 saturated carbocycles. The molecule has 5 nitrogen and oxygen atoms in total. The number of pyridine rings is 1. The molecule has 0 unspecified atom stereocenters. The third kappa shape index (κ3) is 2.59. The van der Waals surface area contributed by atoms with Gasteiger partial charge in [0.25, 0.3) is 0 Å². The highest BCUT2D eigenvalue weighted by molar-refractivity contribution is 6.04. The lowest BCUT2D eigenvalue weighted by atomic mass is 10.1. The van der Waals surface area contributed by atoms with Gasteiger partial charge in [-0.2, -0.15) is 0 Å². The molecular weight excluding hydrogens is 246 g/mol. The minimum Gasteiger partial charge on any atom is -0.493 e. The van der Waals surface area contributed by atoms with Gasteiger partial charge in [-0.15, -0.1) is 0 Å². The van der Waals surface area contributed by atoms with Crippen LogP contribution >= 0.6 is 0 Å². The summed E-state index contributed by atoms with van der Waals surface area (Å²) in [6.07, 6.45) is 2.90. The van der Waals surface area contributed by atoms with E-state index in [-0.39, 0.29) is 11.7 Å².